The molecule has 1 aromatic carbocycles. The van der Waals surface area contributed by atoms with Gasteiger partial charge in [0.1, 0.15) is 5.82 Å². The van der Waals surface area contributed by atoms with Gasteiger partial charge in [-0.05, 0) is 43.9 Å². The van der Waals surface area contributed by atoms with Crippen LogP contribution in [0.5, 0.6) is 0 Å². The van der Waals surface area contributed by atoms with E-state index in [-0.39, 0.29) is 6.04 Å². The van der Waals surface area contributed by atoms with Gasteiger partial charge in [0.2, 0.25) is 0 Å². The number of anilines is 1. The van der Waals surface area contributed by atoms with Crippen LogP contribution in [0.3, 0.4) is 0 Å². The van der Waals surface area contributed by atoms with Crippen LogP contribution in [0.25, 0.3) is 0 Å². The molecule has 1 aromatic heterocycles. The monoisotopic (exact) mass is 259 g/mol. The average molecular weight is 259 g/mol. The van der Waals surface area contributed by atoms with Gasteiger partial charge in [-0.2, -0.15) is 5.10 Å². The lowest BCUT2D eigenvalue weighted by Crippen LogP contribution is -2.30. The SMILES string of the molecule is Cc1cc(C)c(CC(NN)c2cn[nH]c2N)c(C)c1. The summed E-state index contributed by atoms with van der Waals surface area (Å²) in [7, 11) is 0. The summed E-state index contributed by atoms with van der Waals surface area (Å²) in [5.41, 5.74) is 14.7. The maximum Gasteiger partial charge on any atom is 0.123 e. The lowest BCUT2D eigenvalue weighted by molar-refractivity contribution is 0.551. The van der Waals surface area contributed by atoms with E-state index in [0.29, 0.717) is 5.82 Å². The van der Waals surface area contributed by atoms with Gasteiger partial charge < -0.3 is 5.73 Å². The fourth-order valence-electron chi connectivity index (χ4n) is 2.58. The number of aromatic amines is 1. The van der Waals surface area contributed by atoms with Crippen LogP contribution in [0.2, 0.25) is 0 Å². The molecular formula is C14H21N5. The summed E-state index contributed by atoms with van der Waals surface area (Å²) in [6, 6.07) is 4.34. The Morgan fingerprint density at radius 1 is 1.26 bits per heavy atom. The Hall–Kier alpha value is -1.85. The van der Waals surface area contributed by atoms with E-state index in [9.17, 15) is 0 Å². The van der Waals surface area contributed by atoms with Crippen molar-refractivity contribution in [3.05, 3.63) is 46.1 Å². The summed E-state index contributed by atoms with van der Waals surface area (Å²) >= 11 is 0. The third-order valence-corrected chi connectivity index (χ3v) is 3.52. The molecule has 0 spiro atoms. The number of aryl methyl sites for hydroxylation is 3. The minimum Gasteiger partial charge on any atom is -0.384 e. The van der Waals surface area contributed by atoms with E-state index in [0.717, 1.165) is 12.0 Å². The second kappa shape index (κ2) is 5.42. The number of nitrogen functional groups attached to an aromatic ring is 1. The first kappa shape index (κ1) is 13.6. The molecule has 0 saturated heterocycles. The quantitative estimate of drug-likeness (QED) is 0.496. The Labute approximate surface area is 113 Å². The number of H-pyrrole nitrogens is 1. The molecule has 0 aliphatic rings. The van der Waals surface area contributed by atoms with Crippen LogP contribution in [-0.2, 0) is 6.42 Å². The van der Waals surface area contributed by atoms with Crippen LogP contribution in [0, 0.1) is 20.8 Å². The fraction of sp³-hybridized carbons (Fsp3) is 0.357. The highest BCUT2D eigenvalue weighted by Gasteiger charge is 2.17. The lowest BCUT2D eigenvalue weighted by Gasteiger charge is -2.19. The van der Waals surface area contributed by atoms with Gasteiger partial charge in [0, 0.05) is 5.56 Å². The predicted octanol–water partition coefficient (Wildman–Crippen LogP) is 1.66. The first-order valence-electron chi connectivity index (χ1n) is 6.34. The van der Waals surface area contributed by atoms with Crippen LogP contribution in [0.4, 0.5) is 5.82 Å². The molecule has 102 valence electrons. The van der Waals surface area contributed by atoms with Crippen molar-refractivity contribution in [1.82, 2.24) is 15.6 Å². The van der Waals surface area contributed by atoms with Crippen molar-refractivity contribution in [3.63, 3.8) is 0 Å². The van der Waals surface area contributed by atoms with Gasteiger partial charge in [-0.1, -0.05) is 17.7 Å². The smallest absolute Gasteiger partial charge is 0.123 e. The van der Waals surface area contributed by atoms with Gasteiger partial charge in [-0.15, -0.1) is 0 Å². The third-order valence-electron chi connectivity index (χ3n) is 3.52. The minimum absolute atomic E-state index is 0.0427. The summed E-state index contributed by atoms with van der Waals surface area (Å²) in [5.74, 6) is 6.22. The molecule has 0 fully saturated rings. The number of rotatable bonds is 4. The number of hydrogen-bond donors (Lipinski definition) is 4. The molecule has 6 N–H and O–H groups in total. The van der Waals surface area contributed by atoms with E-state index in [4.69, 9.17) is 11.6 Å². The molecule has 5 nitrogen and oxygen atoms in total. The van der Waals surface area contributed by atoms with E-state index in [1.54, 1.807) is 6.20 Å². The Kier molecular flexibility index (Phi) is 3.87. The minimum atomic E-state index is -0.0427. The maximum absolute atomic E-state index is 5.86. The topological polar surface area (TPSA) is 92.7 Å². The van der Waals surface area contributed by atoms with E-state index < -0.39 is 0 Å². The zero-order chi connectivity index (χ0) is 14.0. The maximum atomic E-state index is 5.86. The molecule has 2 aromatic rings. The molecular weight excluding hydrogens is 238 g/mol. The fourth-order valence-corrected chi connectivity index (χ4v) is 2.58. The number of nitrogens with one attached hydrogen (secondary N) is 2. The van der Waals surface area contributed by atoms with Crippen molar-refractivity contribution in [1.29, 1.82) is 0 Å². The van der Waals surface area contributed by atoms with Crippen molar-refractivity contribution in [2.75, 3.05) is 5.73 Å². The highest BCUT2D eigenvalue weighted by molar-refractivity contribution is 5.43. The Balaban J connectivity index is 2.32. The number of nitrogens with two attached hydrogens (primary N) is 2. The molecule has 0 amide bonds. The van der Waals surface area contributed by atoms with E-state index in [1.165, 1.54) is 22.3 Å². The van der Waals surface area contributed by atoms with Crippen molar-refractivity contribution in [3.8, 4) is 0 Å². The average Bonchev–Trinajstić information content (AvgIpc) is 2.75. The van der Waals surface area contributed by atoms with Crippen LogP contribution in [0.1, 0.15) is 33.9 Å². The van der Waals surface area contributed by atoms with Crippen molar-refractivity contribution in [2.45, 2.75) is 33.2 Å². The number of nitrogens with zero attached hydrogens (tertiary/aromatic N) is 1. The highest BCUT2D eigenvalue weighted by Crippen LogP contribution is 2.25. The van der Waals surface area contributed by atoms with Crippen LogP contribution in [-0.4, -0.2) is 10.2 Å². The molecule has 1 atom stereocenters. The Morgan fingerprint density at radius 3 is 2.37 bits per heavy atom. The van der Waals surface area contributed by atoms with Gasteiger partial charge in [0.25, 0.3) is 0 Å². The molecule has 0 aliphatic carbocycles. The number of aromatic nitrogens is 2. The molecule has 1 unspecified atom stereocenters. The van der Waals surface area contributed by atoms with E-state index in [1.807, 2.05) is 0 Å². The van der Waals surface area contributed by atoms with Crippen molar-refractivity contribution >= 4 is 5.82 Å². The normalized spacial score (nSPS) is 12.6. The largest absolute Gasteiger partial charge is 0.384 e. The van der Waals surface area contributed by atoms with Gasteiger partial charge >= 0.3 is 0 Å². The molecule has 0 radical (unpaired) electrons. The molecule has 0 aliphatic heterocycles. The first-order chi connectivity index (χ1) is 9.02. The summed E-state index contributed by atoms with van der Waals surface area (Å²) in [6.45, 7) is 6.36. The molecule has 19 heavy (non-hydrogen) atoms. The summed E-state index contributed by atoms with van der Waals surface area (Å²) in [5, 5.41) is 6.69. The van der Waals surface area contributed by atoms with Gasteiger partial charge in [-0.3, -0.25) is 16.4 Å². The lowest BCUT2D eigenvalue weighted by atomic mass is 9.92. The van der Waals surface area contributed by atoms with E-state index in [2.05, 4.69) is 48.5 Å². The number of hydrogen-bond acceptors (Lipinski definition) is 4. The zero-order valence-electron chi connectivity index (χ0n) is 11.6. The molecule has 2 rings (SSSR count). The van der Waals surface area contributed by atoms with E-state index >= 15 is 0 Å². The number of hydrazine groups is 1. The summed E-state index contributed by atoms with van der Waals surface area (Å²) in [6.07, 6.45) is 2.51. The molecule has 5 heteroatoms. The third kappa shape index (κ3) is 2.77. The summed E-state index contributed by atoms with van der Waals surface area (Å²) < 4.78 is 0. The first-order valence-corrected chi connectivity index (χ1v) is 6.34. The zero-order valence-corrected chi connectivity index (χ0v) is 11.6. The van der Waals surface area contributed by atoms with Crippen LogP contribution >= 0.6 is 0 Å². The van der Waals surface area contributed by atoms with Crippen LogP contribution in [0.15, 0.2) is 18.3 Å². The Bertz CT molecular complexity index is 550. The van der Waals surface area contributed by atoms with Gasteiger partial charge in [0.15, 0.2) is 0 Å². The van der Waals surface area contributed by atoms with Crippen LogP contribution < -0.4 is 17.0 Å². The summed E-state index contributed by atoms with van der Waals surface area (Å²) in [4.78, 5) is 0. The Morgan fingerprint density at radius 2 is 1.89 bits per heavy atom. The van der Waals surface area contributed by atoms with Gasteiger partial charge in [-0.25, -0.2) is 0 Å². The highest BCUT2D eigenvalue weighted by atomic mass is 15.2. The standard InChI is InChI=1S/C14H21N5/c1-8-4-9(2)11(10(3)5-8)6-13(18-16)12-7-17-19-14(12)15/h4-5,7,13,18H,6,16H2,1-3H3,(H3,15,17,19). The van der Waals surface area contributed by atoms with Crippen molar-refractivity contribution < 1.29 is 0 Å². The molecule has 0 bridgehead atoms. The molecule has 1 heterocycles. The predicted molar refractivity (Wildman–Crippen MR) is 77.4 cm³/mol. The molecule has 0 saturated carbocycles. The van der Waals surface area contributed by atoms with Crippen molar-refractivity contribution in [2.24, 2.45) is 5.84 Å². The number of benzene rings is 1. The second-order valence-electron chi connectivity index (χ2n) is 5.04. The van der Waals surface area contributed by atoms with Gasteiger partial charge in [0.05, 0.1) is 12.2 Å². The second-order valence-corrected chi connectivity index (χ2v) is 5.04.